The van der Waals surface area contributed by atoms with Crippen LogP contribution in [-0.4, -0.2) is 24.3 Å². The van der Waals surface area contributed by atoms with E-state index in [1.165, 1.54) is 11.1 Å². The number of aliphatic hydroxyl groups is 1. The van der Waals surface area contributed by atoms with E-state index in [1.54, 1.807) is 0 Å². The highest BCUT2D eigenvalue weighted by molar-refractivity contribution is 5.21. The van der Waals surface area contributed by atoms with Gasteiger partial charge in [0.2, 0.25) is 0 Å². The molecule has 0 saturated carbocycles. The van der Waals surface area contributed by atoms with Gasteiger partial charge in [0.25, 0.3) is 0 Å². The predicted octanol–water partition coefficient (Wildman–Crippen LogP) is 1.51. The highest BCUT2D eigenvalue weighted by Crippen LogP contribution is 2.05. The van der Waals surface area contributed by atoms with Crippen LogP contribution < -0.4 is 5.32 Å². The van der Waals surface area contributed by atoms with E-state index in [9.17, 15) is 5.11 Å². The molecular formula is C12H19NO. The normalized spacial score (nSPS) is 12.8. The van der Waals surface area contributed by atoms with Crippen molar-refractivity contribution in [3.05, 3.63) is 35.4 Å². The number of likely N-dealkylation sites (N-methyl/N-ethyl adjacent to an activating group) is 1. The number of nitrogens with one attached hydrogen (secondary N) is 1. The average molecular weight is 193 g/mol. The van der Waals surface area contributed by atoms with E-state index >= 15 is 0 Å². The van der Waals surface area contributed by atoms with Gasteiger partial charge in [-0.25, -0.2) is 0 Å². The number of hydrogen-bond donors (Lipinski definition) is 2. The van der Waals surface area contributed by atoms with Gasteiger partial charge in [-0.15, -0.1) is 0 Å². The van der Waals surface area contributed by atoms with Crippen LogP contribution >= 0.6 is 0 Å². The van der Waals surface area contributed by atoms with Gasteiger partial charge in [-0.2, -0.15) is 0 Å². The van der Waals surface area contributed by atoms with Crippen molar-refractivity contribution in [2.24, 2.45) is 0 Å². The molecule has 1 aromatic rings. The van der Waals surface area contributed by atoms with Gasteiger partial charge in [-0.05, 0) is 25.5 Å². The fraction of sp³-hybridized carbons (Fsp3) is 0.500. The summed E-state index contributed by atoms with van der Waals surface area (Å²) >= 11 is 0. The van der Waals surface area contributed by atoms with Gasteiger partial charge in [-0.1, -0.05) is 36.8 Å². The van der Waals surface area contributed by atoms with E-state index in [-0.39, 0.29) is 6.10 Å². The Labute approximate surface area is 86.0 Å². The summed E-state index contributed by atoms with van der Waals surface area (Å²) < 4.78 is 0. The van der Waals surface area contributed by atoms with Crippen molar-refractivity contribution in [3.63, 3.8) is 0 Å². The molecule has 0 amide bonds. The summed E-state index contributed by atoms with van der Waals surface area (Å²) in [4.78, 5) is 0. The zero-order valence-corrected chi connectivity index (χ0v) is 8.96. The van der Waals surface area contributed by atoms with Crippen LogP contribution in [0.2, 0.25) is 0 Å². The van der Waals surface area contributed by atoms with Gasteiger partial charge in [-0.3, -0.25) is 0 Å². The molecule has 78 valence electrons. The van der Waals surface area contributed by atoms with E-state index in [0.29, 0.717) is 6.54 Å². The summed E-state index contributed by atoms with van der Waals surface area (Å²) in [6.45, 7) is 5.69. The fourth-order valence-electron chi connectivity index (χ4n) is 1.38. The number of aliphatic hydroxyl groups excluding tert-OH is 1. The molecule has 0 heterocycles. The van der Waals surface area contributed by atoms with E-state index in [4.69, 9.17) is 0 Å². The highest BCUT2D eigenvalue weighted by Gasteiger charge is 2.03. The molecule has 0 radical (unpaired) electrons. The Morgan fingerprint density at radius 1 is 1.29 bits per heavy atom. The molecule has 1 unspecified atom stereocenters. The number of benzene rings is 1. The van der Waals surface area contributed by atoms with Crippen LogP contribution in [0.25, 0.3) is 0 Å². The zero-order valence-electron chi connectivity index (χ0n) is 8.96. The van der Waals surface area contributed by atoms with Crippen molar-refractivity contribution >= 4 is 0 Å². The van der Waals surface area contributed by atoms with Crippen molar-refractivity contribution in [1.29, 1.82) is 0 Å². The van der Waals surface area contributed by atoms with Gasteiger partial charge in [0.15, 0.2) is 0 Å². The van der Waals surface area contributed by atoms with E-state index in [0.717, 1.165) is 13.0 Å². The largest absolute Gasteiger partial charge is 0.391 e. The Morgan fingerprint density at radius 3 is 2.50 bits per heavy atom. The molecule has 0 aliphatic carbocycles. The maximum Gasteiger partial charge on any atom is 0.0704 e. The Morgan fingerprint density at radius 2 is 1.93 bits per heavy atom. The molecular weight excluding hydrogens is 174 g/mol. The Balaban J connectivity index is 2.39. The van der Waals surface area contributed by atoms with Crippen LogP contribution in [0, 0.1) is 6.92 Å². The maximum absolute atomic E-state index is 9.64. The Bertz CT molecular complexity index is 256. The number of rotatable bonds is 5. The minimum Gasteiger partial charge on any atom is -0.391 e. The molecule has 0 saturated heterocycles. The lowest BCUT2D eigenvalue weighted by atomic mass is 10.1. The summed E-state index contributed by atoms with van der Waals surface area (Å²) in [5, 5.41) is 12.8. The summed E-state index contributed by atoms with van der Waals surface area (Å²) in [5.74, 6) is 0. The van der Waals surface area contributed by atoms with Gasteiger partial charge in [0, 0.05) is 6.54 Å². The molecule has 0 aliphatic rings. The minimum absolute atomic E-state index is 0.280. The zero-order chi connectivity index (χ0) is 10.4. The first-order valence-electron chi connectivity index (χ1n) is 5.16. The molecule has 0 bridgehead atoms. The standard InChI is InChI=1S/C12H19NO/c1-3-13-9-12(14)8-11-6-4-10(2)5-7-11/h4-7,12-14H,3,8-9H2,1-2H3. The highest BCUT2D eigenvalue weighted by atomic mass is 16.3. The lowest BCUT2D eigenvalue weighted by Gasteiger charge is -2.10. The van der Waals surface area contributed by atoms with Crippen LogP contribution in [0.3, 0.4) is 0 Å². The molecule has 1 aromatic carbocycles. The third kappa shape index (κ3) is 3.90. The van der Waals surface area contributed by atoms with Crippen LogP contribution in [0.4, 0.5) is 0 Å². The minimum atomic E-state index is -0.280. The third-order valence-corrected chi connectivity index (χ3v) is 2.22. The molecule has 2 heteroatoms. The van der Waals surface area contributed by atoms with Gasteiger partial charge in [0.1, 0.15) is 0 Å². The quantitative estimate of drug-likeness (QED) is 0.743. The lowest BCUT2D eigenvalue weighted by Crippen LogP contribution is -2.28. The Hall–Kier alpha value is -0.860. The van der Waals surface area contributed by atoms with Crippen molar-refractivity contribution < 1.29 is 5.11 Å². The van der Waals surface area contributed by atoms with E-state index in [2.05, 4.69) is 36.5 Å². The molecule has 0 aliphatic heterocycles. The number of aryl methyl sites for hydroxylation is 1. The topological polar surface area (TPSA) is 32.3 Å². The van der Waals surface area contributed by atoms with Crippen molar-refractivity contribution in [2.45, 2.75) is 26.4 Å². The summed E-state index contributed by atoms with van der Waals surface area (Å²) in [5.41, 5.74) is 2.45. The van der Waals surface area contributed by atoms with Crippen molar-refractivity contribution in [1.82, 2.24) is 5.32 Å². The van der Waals surface area contributed by atoms with Gasteiger partial charge >= 0.3 is 0 Å². The molecule has 1 rings (SSSR count). The smallest absolute Gasteiger partial charge is 0.0704 e. The first-order valence-corrected chi connectivity index (χ1v) is 5.16. The molecule has 1 atom stereocenters. The SMILES string of the molecule is CCNCC(O)Cc1ccc(C)cc1. The third-order valence-electron chi connectivity index (χ3n) is 2.22. The molecule has 2 nitrogen and oxygen atoms in total. The second-order valence-corrected chi connectivity index (χ2v) is 3.65. The van der Waals surface area contributed by atoms with Crippen molar-refractivity contribution in [2.75, 3.05) is 13.1 Å². The summed E-state index contributed by atoms with van der Waals surface area (Å²) in [6, 6.07) is 8.31. The van der Waals surface area contributed by atoms with Crippen LogP contribution in [0.1, 0.15) is 18.1 Å². The van der Waals surface area contributed by atoms with Gasteiger partial charge in [0.05, 0.1) is 6.10 Å². The molecule has 2 N–H and O–H groups in total. The second kappa shape index (κ2) is 5.78. The van der Waals surface area contributed by atoms with Crippen LogP contribution in [-0.2, 0) is 6.42 Å². The van der Waals surface area contributed by atoms with Crippen molar-refractivity contribution in [3.8, 4) is 0 Å². The van der Waals surface area contributed by atoms with Crippen LogP contribution in [0.5, 0.6) is 0 Å². The molecule has 0 fully saturated rings. The predicted molar refractivity (Wildman–Crippen MR) is 59.4 cm³/mol. The fourth-order valence-corrected chi connectivity index (χ4v) is 1.38. The van der Waals surface area contributed by atoms with E-state index < -0.39 is 0 Å². The molecule has 0 spiro atoms. The monoisotopic (exact) mass is 193 g/mol. The molecule has 0 aromatic heterocycles. The summed E-state index contributed by atoms with van der Waals surface area (Å²) in [7, 11) is 0. The lowest BCUT2D eigenvalue weighted by molar-refractivity contribution is 0.173. The van der Waals surface area contributed by atoms with E-state index in [1.807, 2.05) is 6.92 Å². The summed E-state index contributed by atoms with van der Waals surface area (Å²) in [6.07, 6.45) is 0.449. The first-order chi connectivity index (χ1) is 6.72. The average Bonchev–Trinajstić information content (AvgIpc) is 2.18. The Kier molecular flexibility index (Phi) is 4.63. The van der Waals surface area contributed by atoms with Gasteiger partial charge < -0.3 is 10.4 Å². The maximum atomic E-state index is 9.64. The van der Waals surface area contributed by atoms with Crippen LogP contribution in [0.15, 0.2) is 24.3 Å². The number of hydrogen-bond acceptors (Lipinski definition) is 2. The second-order valence-electron chi connectivity index (χ2n) is 3.65. The first kappa shape index (κ1) is 11.2. The molecule has 14 heavy (non-hydrogen) atoms.